The minimum atomic E-state index is -1.14. The van der Waals surface area contributed by atoms with Crippen molar-refractivity contribution in [3.05, 3.63) is 72.9 Å². The maximum Gasteiger partial charge on any atom is 0.306 e. The number of quaternary nitrogens is 1. The number of allylic oxidation sites excluding steroid dienone is 12. The molecule has 0 amide bonds. The number of ether oxygens (including phenoxy) is 3. The van der Waals surface area contributed by atoms with Gasteiger partial charge >= 0.3 is 11.9 Å². The second-order valence-electron chi connectivity index (χ2n) is 16.6. The van der Waals surface area contributed by atoms with E-state index in [1.807, 2.05) is 0 Å². The fourth-order valence-electron chi connectivity index (χ4n) is 6.49. The van der Waals surface area contributed by atoms with E-state index >= 15 is 0 Å². The van der Waals surface area contributed by atoms with Crippen LogP contribution in [0.3, 0.4) is 0 Å². The van der Waals surface area contributed by atoms with Gasteiger partial charge in [0.25, 0.3) is 0 Å². The largest absolute Gasteiger partial charge is 0.544 e. The van der Waals surface area contributed by atoms with Crippen molar-refractivity contribution in [2.45, 2.75) is 193 Å². The van der Waals surface area contributed by atoms with Gasteiger partial charge in [-0.2, -0.15) is 0 Å². The highest BCUT2D eigenvalue weighted by molar-refractivity contribution is 5.70. The van der Waals surface area contributed by atoms with Gasteiger partial charge in [-0.3, -0.25) is 9.59 Å². The van der Waals surface area contributed by atoms with Gasteiger partial charge in [0.1, 0.15) is 12.6 Å². The zero-order chi connectivity index (χ0) is 43.5. The van der Waals surface area contributed by atoms with Crippen molar-refractivity contribution >= 4 is 17.9 Å². The Balaban J connectivity index is 4.42. The molecule has 0 aliphatic heterocycles. The number of carbonyl (C=O) groups is 3. The Morgan fingerprint density at radius 3 is 1.39 bits per heavy atom. The molecule has 2 unspecified atom stereocenters. The normalized spacial score (nSPS) is 13.6. The molecule has 0 saturated heterocycles. The molecule has 0 saturated carbocycles. The van der Waals surface area contributed by atoms with Gasteiger partial charge in [-0.05, 0) is 57.8 Å². The van der Waals surface area contributed by atoms with Crippen molar-refractivity contribution in [1.29, 1.82) is 0 Å². The molecule has 0 heterocycles. The summed E-state index contributed by atoms with van der Waals surface area (Å²) in [6.45, 7) is 4.49. The summed E-state index contributed by atoms with van der Waals surface area (Å²) in [7, 11) is 5.38. The topological polar surface area (TPSA) is 102 Å². The molecule has 0 N–H and O–H groups in total. The molecule has 8 nitrogen and oxygen atoms in total. The number of esters is 2. The van der Waals surface area contributed by atoms with E-state index < -0.39 is 18.1 Å². The third-order valence-electron chi connectivity index (χ3n) is 10.1. The van der Waals surface area contributed by atoms with E-state index in [-0.39, 0.29) is 49.1 Å². The van der Waals surface area contributed by atoms with Gasteiger partial charge in [0.15, 0.2) is 6.10 Å². The summed E-state index contributed by atoms with van der Waals surface area (Å²) in [5, 5.41) is 11.6. The van der Waals surface area contributed by atoms with Crippen molar-refractivity contribution < 1.29 is 38.2 Å². The van der Waals surface area contributed by atoms with Gasteiger partial charge in [-0.1, -0.05) is 177 Å². The van der Waals surface area contributed by atoms with E-state index in [9.17, 15) is 19.5 Å². The summed E-state index contributed by atoms with van der Waals surface area (Å²) >= 11 is 0. The summed E-state index contributed by atoms with van der Waals surface area (Å²) in [6, 6.07) is -0.738. The molecule has 0 aromatic carbocycles. The number of unbranched alkanes of at least 4 members (excludes halogenated alkanes) is 15. The number of carboxylic acids is 1. The third kappa shape index (κ3) is 40.0. The lowest BCUT2D eigenvalue weighted by molar-refractivity contribution is -0.889. The molecular formula is C51H87NO7. The van der Waals surface area contributed by atoms with Gasteiger partial charge in [0.2, 0.25) is 0 Å². The monoisotopic (exact) mass is 826 g/mol. The molecule has 0 aliphatic rings. The Labute approximate surface area is 361 Å². The molecule has 59 heavy (non-hydrogen) atoms. The molecule has 0 aromatic heterocycles. The SMILES string of the molecule is CC/C=C/C/C=C/C/C=C/C/C=C/C/C=C/C/C=C/CCCC(=O)OC(COCCC(C(=O)[O-])[N+](C)(C)C)COC(=O)CCCCCCCCCCCCCCCCC. The van der Waals surface area contributed by atoms with Gasteiger partial charge < -0.3 is 28.6 Å². The van der Waals surface area contributed by atoms with Crippen LogP contribution < -0.4 is 5.11 Å². The number of likely N-dealkylation sites (N-methyl/N-ethyl adjacent to an activating group) is 1. The smallest absolute Gasteiger partial charge is 0.306 e. The van der Waals surface area contributed by atoms with Gasteiger partial charge in [0, 0.05) is 19.3 Å². The van der Waals surface area contributed by atoms with Crippen LogP contribution in [0.2, 0.25) is 0 Å². The summed E-state index contributed by atoms with van der Waals surface area (Å²) in [6.07, 6.45) is 52.2. The highest BCUT2D eigenvalue weighted by Crippen LogP contribution is 2.14. The standard InChI is InChI=1S/C51H87NO7/c1-6-8-10-12-14-16-18-20-22-23-24-25-26-28-30-32-34-36-38-40-42-50(54)59-47(45-57-44-43-48(51(55)56)52(3,4)5)46-58-49(53)41-39-37-35-33-31-29-27-21-19-17-15-13-11-9-7-2/h8,10,14,16,20,22,24-25,28,30,34,36,47-48H,6-7,9,11-13,15,17-19,21,23,26-27,29,31-33,35,37-46H2,1-5H3/b10-8+,16-14+,22-20+,25-24+,30-28+,36-34+. The number of hydrogen-bond acceptors (Lipinski definition) is 7. The van der Waals surface area contributed by atoms with Gasteiger partial charge in [0.05, 0.1) is 40.3 Å². The van der Waals surface area contributed by atoms with Crippen LogP contribution in [0.15, 0.2) is 72.9 Å². The zero-order valence-corrected chi connectivity index (χ0v) is 38.4. The Morgan fingerprint density at radius 1 is 0.525 bits per heavy atom. The quantitative estimate of drug-likeness (QED) is 0.0262. The highest BCUT2D eigenvalue weighted by atomic mass is 16.6. The average Bonchev–Trinajstić information content (AvgIpc) is 3.19. The van der Waals surface area contributed by atoms with Crippen LogP contribution in [0.4, 0.5) is 0 Å². The molecule has 0 aromatic rings. The maximum absolute atomic E-state index is 12.7. The number of nitrogens with zero attached hydrogens (tertiary/aromatic N) is 1. The Kier molecular flexibility index (Phi) is 39.2. The molecule has 2 atom stereocenters. The molecule has 0 aliphatic carbocycles. The van der Waals surface area contributed by atoms with Crippen LogP contribution in [0.25, 0.3) is 0 Å². The van der Waals surface area contributed by atoms with Gasteiger partial charge in [-0.15, -0.1) is 0 Å². The second kappa shape index (κ2) is 41.5. The van der Waals surface area contributed by atoms with Crippen LogP contribution in [0.5, 0.6) is 0 Å². The lowest BCUT2D eigenvalue weighted by Crippen LogP contribution is -2.55. The van der Waals surface area contributed by atoms with Crippen molar-refractivity contribution in [3.8, 4) is 0 Å². The first-order valence-corrected chi connectivity index (χ1v) is 23.5. The first kappa shape index (κ1) is 55.8. The molecule has 0 spiro atoms. The van der Waals surface area contributed by atoms with E-state index in [0.29, 0.717) is 12.8 Å². The van der Waals surface area contributed by atoms with E-state index in [0.717, 1.165) is 64.2 Å². The van der Waals surface area contributed by atoms with E-state index in [4.69, 9.17) is 14.2 Å². The van der Waals surface area contributed by atoms with Crippen molar-refractivity contribution in [2.24, 2.45) is 0 Å². The van der Waals surface area contributed by atoms with E-state index in [2.05, 4.69) is 86.8 Å². The first-order chi connectivity index (χ1) is 28.6. The second-order valence-corrected chi connectivity index (χ2v) is 16.6. The number of carboxylic acid groups (broad SMARTS) is 1. The van der Waals surface area contributed by atoms with Crippen LogP contribution in [0, 0.1) is 0 Å². The number of carbonyl (C=O) groups excluding carboxylic acids is 3. The number of rotatable bonds is 41. The van der Waals surface area contributed by atoms with Crippen molar-refractivity contribution in [1.82, 2.24) is 0 Å². The fraction of sp³-hybridized carbons (Fsp3) is 0.706. The van der Waals surface area contributed by atoms with Gasteiger partial charge in [-0.25, -0.2) is 0 Å². The third-order valence-corrected chi connectivity index (χ3v) is 10.1. The molecule has 338 valence electrons. The average molecular weight is 826 g/mol. The molecule has 0 radical (unpaired) electrons. The summed E-state index contributed by atoms with van der Waals surface area (Å²) in [5.41, 5.74) is 0. The van der Waals surface area contributed by atoms with Crippen LogP contribution in [-0.2, 0) is 28.6 Å². The summed E-state index contributed by atoms with van der Waals surface area (Å²) in [4.78, 5) is 36.9. The van der Waals surface area contributed by atoms with Crippen molar-refractivity contribution in [3.63, 3.8) is 0 Å². The minimum Gasteiger partial charge on any atom is -0.544 e. The lowest BCUT2D eigenvalue weighted by atomic mass is 10.0. The highest BCUT2D eigenvalue weighted by Gasteiger charge is 2.25. The fourth-order valence-corrected chi connectivity index (χ4v) is 6.49. The predicted molar refractivity (Wildman–Crippen MR) is 245 cm³/mol. The van der Waals surface area contributed by atoms with E-state index in [1.165, 1.54) is 77.0 Å². The number of hydrogen-bond donors (Lipinski definition) is 0. The number of aliphatic carboxylic acids is 1. The van der Waals surface area contributed by atoms with Crippen LogP contribution >= 0.6 is 0 Å². The summed E-state index contributed by atoms with van der Waals surface area (Å²) in [5.74, 6) is -1.81. The Hall–Kier alpha value is -3.23. The predicted octanol–water partition coefficient (Wildman–Crippen LogP) is 11.8. The summed E-state index contributed by atoms with van der Waals surface area (Å²) < 4.78 is 17.1. The van der Waals surface area contributed by atoms with Crippen LogP contribution in [0.1, 0.15) is 181 Å². The molecular weight excluding hydrogens is 739 g/mol. The molecule has 0 rings (SSSR count). The Bertz CT molecular complexity index is 1190. The van der Waals surface area contributed by atoms with Crippen LogP contribution in [-0.4, -0.2) is 75.5 Å². The zero-order valence-electron chi connectivity index (χ0n) is 38.4. The molecule has 0 bridgehead atoms. The first-order valence-electron chi connectivity index (χ1n) is 23.5. The molecule has 8 heteroatoms. The lowest BCUT2D eigenvalue weighted by Gasteiger charge is -2.34. The minimum absolute atomic E-state index is 0.0159. The maximum atomic E-state index is 12.7. The van der Waals surface area contributed by atoms with Crippen molar-refractivity contribution in [2.75, 3.05) is 41.0 Å². The Morgan fingerprint density at radius 2 is 0.949 bits per heavy atom. The van der Waals surface area contributed by atoms with E-state index in [1.54, 1.807) is 21.1 Å². The molecule has 0 fully saturated rings.